The minimum absolute atomic E-state index is 0.146. The number of hydrogen-bond donors (Lipinski definition) is 3. The molecule has 1 aromatic heterocycles. The van der Waals surface area contributed by atoms with Crippen molar-refractivity contribution in [3.8, 4) is 0 Å². The van der Waals surface area contributed by atoms with Gasteiger partial charge in [0, 0.05) is 11.8 Å². The molecule has 0 saturated carbocycles. The molecule has 1 aliphatic rings. The van der Waals surface area contributed by atoms with Crippen LogP contribution >= 0.6 is 0 Å². The fraction of sp³-hybridized carbons (Fsp3) is 0.400. The molecular formula is C20H24N4O4. The van der Waals surface area contributed by atoms with Crippen LogP contribution in [0.2, 0.25) is 0 Å². The van der Waals surface area contributed by atoms with Crippen molar-refractivity contribution < 1.29 is 19.4 Å². The number of nitrogens with one attached hydrogen (secondary N) is 2. The molecular weight excluding hydrogens is 360 g/mol. The molecule has 2 heterocycles. The van der Waals surface area contributed by atoms with E-state index >= 15 is 0 Å². The van der Waals surface area contributed by atoms with Gasteiger partial charge < -0.3 is 20.5 Å². The summed E-state index contributed by atoms with van der Waals surface area (Å²) in [5, 5.41) is 15.4. The van der Waals surface area contributed by atoms with Crippen molar-refractivity contribution in [1.82, 2.24) is 20.6 Å². The molecule has 1 aliphatic heterocycles. The van der Waals surface area contributed by atoms with Gasteiger partial charge in [-0.2, -0.15) is 0 Å². The summed E-state index contributed by atoms with van der Waals surface area (Å²) in [6.07, 6.45) is 3.66. The van der Waals surface area contributed by atoms with Crippen LogP contribution < -0.4 is 10.6 Å². The average Bonchev–Trinajstić information content (AvgIpc) is 2.74. The summed E-state index contributed by atoms with van der Waals surface area (Å²) in [4.78, 5) is 32.4. The Kier molecular flexibility index (Phi) is 7.05. The van der Waals surface area contributed by atoms with Crippen LogP contribution in [0.15, 0.2) is 48.9 Å². The minimum Gasteiger partial charge on any atom is -0.394 e. The van der Waals surface area contributed by atoms with Gasteiger partial charge in [-0.15, -0.1) is 0 Å². The molecule has 0 radical (unpaired) electrons. The first-order chi connectivity index (χ1) is 13.7. The largest absolute Gasteiger partial charge is 0.394 e. The smallest absolute Gasteiger partial charge is 0.251 e. The lowest BCUT2D eigenvalue weighted by Gasteiger charge is -2.36. The highest BCUT2D eigenvalue weighted by atomic mass is 16.5. The minimum atomic E-state index is -0.541. The van der Waals surface area contributed by atoms with Crippen molar-refractivity contribution in [3.63, 3.8) is 0 Å². The van der Waals surface area contributed by atoms with E-state index in [2.05, 4.69) is 20.6 Å². The van der Waals surface area contributed by atoms with Crippen molar-refractivity contribution in [2.24, 2.45) is 0 Å². The first kappa shape index (κ1) is 19.9. The van der Waals surface area contributed by atoms with Gasteiger partial charge in [-0.1, -0.05) is 18.2 Å². The number of carbonyl (C=O) groups excluding carboxylic acids is 2. The molecule has 0 bridgehead atoms. The van der Waals surface area contributed by atoms with Gasteiger partial charge in [0.15, 0.2) is 0 Å². The highest BCUT2D eigenvalue weighted by molar-refractivity contribution is 5.94. The number of aromatic nitrogens is 2. The Morgan fingerprint density at radius 3 is 2.71 bits per heavy atom. The van der Waals surface area contributed by atoms with Crippen LogP contribution in [0, 0.1) is 0 Å². The van der Waals surface area contributed by atoms with E-state index in [-0.39, 0.29) is 37.0 Å². The van der Waals surface area contributed by atoms with E-state index in [1.807, 2.05) is 6.07 Å². The molecule has 3 N–H and O–H groups in total. The molecule has 1 aromatic carbocycles. The highest BCUT2D eigenvalue weighted by Crippen LogP contribution is 2.22. The first-order valence-electron chi connectivity index (χ1n) is 9.29. The fourth-order valence-corrected chi connectivity index (χ4v) is 3.18. The molecule has 0 unspecified atom stereocenters. The molecule has 1 fully saturated rings. The van der Waals surface area contributed by atoms with Crippen molar-refractivity contribution in [3.05, 3.63) is 60.2 Å². The Balaban J connectivity index is 1.47. The van der Waals surface area contributed by atoms with E-state index in [1.54, 1.807) is 36.5 Å². The van der Waals surface area contributed by atoms with Crippen LogP contribution in [-0.2, 0) is 16.1 Å². The van der Waals surface area contributed by atoms with E-state index in [0.717, 1.165) is 5.69 Å². The summed E-state index contributed by atoms with van der Waals surface area (Å²) >= 11 is 0. The number of benzene rings is 1. The number of hydrogen-bond acceptors (Lipinski definition) is 6. The second kappa shape index (κ2) is 9.91. The number of aliphatic hydroxyl groups is 1. The van der Waals surface area contributed by atoms with Gasteiger partial charge in [-0.05, 0) is 31.0 Å². The molecule has 2 amide bonds. The van der Waals surface area contributed by atoms with E-state index in [0.29, 0.717) is 24.9 Å². The average molecular weight is 384 g/mol. The molecule has 28 heavy (non-hydrogen) atoms. The summed E-state index contributed by atoms with van der Waals surface area (Å²) in [7, 11) is 0. The van der Waals surface area contributed by atoms with Crippen LogP contribution in [0.1, 0.15) is 35.3 Å². The molecule has 2 aromatic rings. The zero-order valence-electron chi connectivity index (χ0n) is 15.5. The van der Waals surface area contributed by atoms with Crippen LogP contribution in [0.4, 0.5) is 0 Å². The van der Waals surface area contributed by atoms with Gasteiger partial charge in [0.25, 0.3) is 5.91 Å². The van der Waals surface area contributed by atoms with Gasteiger partial charge in [-0.25, -0.2) is 9.97 Å². The summed E-state index contributed by atoms with van der Waals surface area (Å²) in [5.74, 6) is -0.347. The Labute approximate surface area is 163 Å². The number of aliphatic hydroxyl groups excluding tert-OH is 1. The molecule has 3 atom stereocenters. The normalized spacial score (nSPS) is 21.7. The lowest BCUT2D eigenvalue weighted by molar-refractivity contribution is -0.131. The Morgan fingerprint density at radius 2 is 2.00 bits per heavy atom. The lowest BCUT2D eigenvalue weighted by atomic mass is 9.96. The van der Waals surface area contributed by atoms with Crippen LogP contribution in [-0.4, -0.2) is 51.7 Å². The number of amides is 2. The van der Waals surface area contributed by atoms with Crippen LogP contribution in [0.5, 0.6) is 0 Å². The molecule has 0 aliphatic carbocycles. The van der Waals surface area contributed by atoms with Crippen molar-refractivity contribution in [2.75, 3.05) is 6.61 Å². The quantitative estimate of drug-likeness (QED) is 0.651. The van der Waals surface area contributed by atoms with Crippen molar-refractivity contribution in [1.29, 1.82) is 0 Å². The van der Waals surface area contributed by atoms with Gasteiger partial charge in [0.2, 0.25) is 5.91 Å². The van der Waals surface area contributed by atoms with Gasteiger partial charge in [-0.3, -0.25) is 9.59 Å². The van der Waals surface area contributed by atoms with E-state index in [1.165, 1.54) is 6.33 Å². The van der Waals surface area contributed by atoms with Crippen LogP contribution in [0.3, 0.4) is 0 Å². The van der Waals surface area contributed by atoms with Crippen molar-refractivity contribution >= 4 is 11.8 Å². The molecule has 8 nitrogen and oxygen atoms in total. The fourth-order valence-electron chi connectivity index (χ4n) is 3.18. The van der Waals surface area contributed by atoms with E-state index < -0.39 is 6.10 Å². The zero-order chi connectivity index (χ0) is 19.8. The summed E-state index contributed by atoms with van der Waals surface area (Å²) in [6.45, 7) is 0.103. The predicted molar refractivity (Wildman–Crippen MR) is 101 cm³/mol. The maximum Gasteiger partial charge on any atom is 0.251 e. The molecule has 148 valence electrons. The van der Waals surface area contributed by atoms with E-state index in [4.69, 9.17) is 4.74 Å². The Bertz CT molecular complexity index is 772. The maximum absolute atomic E-state index is 12.3. The Morgan fingerprint density at radius 1 is 1.18 bits per heavy atom. The maximum atomic E-state index is 12.3. The predicted octanol–water partition coefficient (Wildman–Crippen LogP) is 0.821. The van der Waals surface area contributed by atoms with Gasteiger partial charge in [0.05, 0.1) is 37.4 Å². The van der Waals surface area contributed by atoms with E-state index in [9.17, 15) is 14.7 Å². The summed E-state index contributed by atoms with van der Waals surface area (Å²) in [5.41, 5.74) is 1.29. The third-order valence-corrected chi connectivity index (χ3v) is 4.67. The number of ether oxygens (including phenoxy) is 1. The topological polar surface area (TPSA) is 113 Å². The molecule has 8 heteroatoms. The molecule has 0 spiro atoms. The third kappa shape index (κ3) is 5.58. The Hall–Kier alpha value is -2.84. The third-order valence-electron chi connectivity index (χ3n) is 4.67. The SMILES string of the molecule is O=C(C[C@H]1CC[C@@H](NC(=O)c2ccccc2)[C@H](CO)O1)NCc1ccncn1. The standard InChI is InChI=1S/C20H24N4O4/c25-12-18-17(24-20(27)14-4-2-1-3-5-14)7-6-16(28-18)10-19(26)22-11-15-8-9-21-13-23-15/h1-5,8-9,13,16-18,25H,6-7,10-12H2,(H,22,26)(H,24,27)/t16-,17-,18+/m1/s1. The number of nitrogens with zero attached hydrogens (tertiary/aromatic N) is 2. The van der Waals surface area contributed by atoms with Crippen molar-refractivity contribution in [2.45, 2.75) is 44.1 Å². The van der Waals surface area contributed by atoms with Gasteiger partial charge >= 0.3 is 0 Å². The second-order valence-electron chi connectivity index (χ2n) is 6.68. The zero-order valence-corrected chi connectivity index (χ0v) is 15.5. The summed E-state index contributed by atoms with van der Waals surface area (Å²) < 4.78 is 5.86. The highest BCUT2D eigenvalue weighted by Gasteiger charge is 2.33. The number of carbonyl (C=O) groups is 2. The summed E-state index contributed by atoms with van der Waals surface area (Å²) in [6, 6.07) is 10.3. The molecule has 1 saturated heterocycles. The van der Waals surface area contributed by atoms with Crippen LogP contribution in [0.25, 0.3) is 0 Å². The van der Waals surface area contributed by atoms with Gasteiger partial charge in [0.1, 0.15) is 12.4 Å². The number of rotatable bonds is 7. The lowest BCUT2D eigenvalue weighted by Crippen LogP contribution is -2.51. The molecule has 3 rings (SSSR count). The second-order valence-corrected chi connectivity index (χ2v) is 6.68. The monoisotopic (exact) mass is 384 g/mol. The first-order valence-corrected chi connectivity index (χ1v) is 9.29.